The number of amides is 1. The van der Waals surface area contributed by atoms with Crippen LogP contribution >= 0.6 is 0 Å². The molecule has 32 heavy (non-hydrogen) atoms. The maximum Gasteiger partial charge on any atom is 0.252 e. The number of nitrogens with zero attached hydrogens (tertiary/aromatic N) is 2. The lowest BCUT2D eigenvalue weighted by atomic mass is 9.84. The molecule has 0 atom stereocenters. The number of para-hydroxylation sites is 1. The molecule has 0 unspecified atom stereocenters. The van der Waals surface area contributed by atoms with Crippen molar-refractivity contribution in [3.63, 3.8) is 0 Å². The molecule has 0 bridgehead atoms. The molecule has 1 aromatic heterocycles. The summed E-state index contributed by atoms with van der Waals surface area (Å²) < 4.78 is 0. The smallest absolute Gasteiger partial charge is 0.252 e. The molecule has 1 aliphatic heterocycles. The molecular formula is C28H33N3O. The highest BCUT2D eigenvalue weighted by atomic mass is 16.1. The molecule has 2 aromatic carbocycles. The van der Waals surface area contributed by atoms with Crippen LogP contribution in [0.2, 0.25) is 0 Å². The van der Waals surface area contributed by atoms with E-state index in [-0.39, 0.29) is 5.91 Å². The van der Waals surface area contributed by atoms with Crippen LogP contribution in [0.25, 0.3) is 10.9 Å². The third-order valence-corrected chi connectivity index (χ3v) is 7.44. The quantitative estimate of drug-likeness (QED) is 0.622. The van der Waals surface area contributed by atoms with Crippen molar-refractivity contribution in [3.05, 3.63) is 77.5 Å². The van der Waals surface area contributed by atoms with Gasteiger partial charge in [0.2, 0.25) is 0 Å². The van der Waals surface area contributed by atoms with Crippen molar-refractivity contribution in [2.24, 2.45) is 5.92 Å². The van der Waals surface area contributed by atoms with Crippen LogP contribution in [0.3, 0.4) is 0 Å². The molecule has 3 aromatic rings. The normalized spacial score (nSPS) is 21.6. The predicted molar refractivity (Wildman–Crippen MR) is 130 cm³/mol. The van der Waals surface area contributed by atoms with Crippen molar-refractivity contribution in [2.45, 2.75) is 51.0 Å². The molecule has 1 aliphatic carbocycles. The summed E-state index contributed by atoms with van der Waals surface area (Å²) in [4.78, 5) is 19.9. The summed E-state index contributed by atoms with van der Waals surface area (Å²) in [6.07, 6.45) is 9.99. The summed E-state index contributed by atoms with van der Waals surface area (Å²) >= 11 is 0. The van der Waals surface area contributed by atoms with E-state index in [1.165, 1.54) is 62.9 Å². The van der Waals surface area contributed by atoms with E-state index in [4.69, 9.17) is 0 Å². The fraction of sp³-hybridized carbons (Fsp3) is 0.429. The van der Waals surface area contributed by atoms with E-state index in [0.29, 0.717) is 6.04 Å². The number of carbonyl (C=O) groups excluding carboxylic acids is 1. The van der Waals surface area contributed by atoms with Gasteiger partial charge < -0.3 is 10.2 Å². The third-order valence-electron chi connectivity index (χ3n) is 7.44. The van der Waals surface area contributed by atoms with E-state index in [1.54, 1.807) is 6.20 Å². The highest BCUT2D eigenvalue weighted by Gasteiger charge is 2.24. The summed E-state index contributed by atoms with van der Waals surface area (Å²) in [5.74, 6) is 0.826. The van der Waals surface area contributed by atoms with Crippen molar-refractivity contribution in [1.82, 2.24) is 15.2 Å². The zero-order valence-electron chi connectivity index (χ0n) is 18.8. The molecule has 0 saturated heterocycles. The predicted octanol–water partition coefficient (Wildman–Crippen LogP) is 5.01. The van der Waals surface area contributed by atoms with E-state index in [2.05, 4.69) is 39.5 Å². The maximum absolute atomic E-state index is 12.9. The van der Waals surface area contributed by atoms with Gasteiger partial charge >= 0.3 is 0 Å². The number of aromatic nitrogens is 1. The standard InChI is InChI=1S/C28H33N3O/c32-28(26-13-17-29-27-8-4-3-7-25(26)27)30-24-11-9-21(10-12-24)14-18-31-19-15-22-5-1-2-6-23(22)16-20-31/h1-8,13,17,21,24H,9-12,14-16,18-20H2,(H,30,32). The first kappa shape index (κ1) is 21.1. The van der Waals surface area contributed by atoms with Crippen molar-refractivity contribution >= 4 is 16.8 Å². The van der Waals surface area contributed by atoms with Gasteiger partial charge in [-0.3, -0.25) is 9.78 Å². The molecule has 2 aliphatic rings. The van der Waals surface area contributed by atoms with Gasteiger partial charge in [-0.05, 0) is 80.7 Å². The molecule has 1 N–H and O–H groups in total. The first-order valence-electron chi connectivity index (χ1n) is 12.2. The minimum atomic E-state index is 0.0381. The summed E-state index contributed by atoms with van der Waals surface area (Å²) in [6, 6.07) is 18.9. The number of benzene rings is 2. The fourth-order valence-electron chi connectivity index (χ4n) is 5.46. The lowest BCUT2D eigenvalue weighted by Gasteiger charge is -2.31. The SMILES string of the molecule is O=C(NC1CCC(CCN2CCc3ccccc3CC2)CC1)c1ccnc2ccccc12. The van der Waals surface area contributed by atoms with Gasteiger partial charge in [-0.15, -0.1) is 0 Å². The van der Waals surface area contributed by atoms with E-state index in [9.17, 15) is 4.79 Å². The summed E-state index contributed by atoms with van der Waals surface area (Å²) in [7, 11) is 0. The molecule has 2 heterocycles. The average molecular weight is 428 g/mol. The Morgan fingerprint density at radius 2 is 1.59 bits per heavy atom. The largest absolute Gasteiger partial charge is 0.349 e. The monoisotopic (exact) mass is 427 g/mol. The number of rotatable bonds is 5. The molecule has 4 heteroatoms. The van der Waals surface area contributed by atoms with Crippen molar-refractivity contribution in [2.75, 3.05) is 19.6 Å². The second kappa shape index (κ2) is 9.83. The van der Waals surface area contributed by atoms with Gasteiger partial charge in [0.15, 0.2) is 0 Å². The highest BCUT2D eigenvalue weighted by Crippen LogP contribution is 2.28. The lowest BCUT2D eigenvalue weighted by molar-refractivity contribution is 0.0921. The summed E-state index contributed by atoms with van der Waals surface area (Å²) in [5.41, 5.74) is 4.68. The molecule has 4 nitrogen and oxygen atoms in total. The van der Waals surface area contributed by atoms with Crippen LogP contribution in [0.15, 0.2) is 60.8 Å². The van der Waals surface area contributed by atoms with Crippen molar-refractivity contribution < 1.29 is 4.79 Å². The van der Waals surface area contributed by atoms with Crippen LogP contribution in [0.4, 0.5) is 0 Å². The third kappa shape index (κ3) is 4.86. The molecule has 1 amide bonds. The summed E-state index contributed by atoms with van der Waals surface area (Å²) in [5, 5.41) is 4.23. The molecule has 1 saturated carbocycles. The maximum atomic E-state index is 12.9. The first-order chi connectivity index (χ1) is 15.8. The lowest BCUT2D eigenvalue weighted by Crippen LogP contribution is -2.38. The minimum Gasteiger partial charge on any atom is -0.349 e. The van der Waals surface area contributed by atoms with Gasteiger partial charge in [0.05, 0.1) is 11.1 Å². The van der Waals surface area contributed by atoms with Gasteiger partial charge in [0.25, 0.3) is 5.91 Å². The molecule has 5 rings (SSSR count). The second-order valence-electron chi connectivity index (χ2n) is 9.47. The first-order valence-corrected chi connectivity index (χ1v) is 12.2. The van der Waals surface area contributed by atoms with Crippen LogP contribution in [-0.4, -0.2) is 41.5 Å². The second-order valence-corrected chi connectivity index (χ2v) is 9.47. The molecule has 0 radical (unpaired) electrons. The van der Waals surface area contributed by atoms with Crippen LogP contribution in [0.5, 0.6) is 0 Å². The van der Waals surface area contributed by atoms with Gasteiger partial charge in [-0.2, -0.15) is 0 Å². The number of fused-ring (bicyclic) bond motifs is 2. The Bertz CT molecular complexity index is 1040. The number of nitrogens with one attached hydrogen (secondary N) is 1. The minimum absolute atomic E-state index is 0.0381. The van der Waals surface area contributed by atoms with E-state index < -0.39 is 0 Å². The zero-order valence-corrected chi connectivity index (χ0v) is 18.8. The molecule has 0 spiro atoms. The molecule has 166 valence electrons. The van der Waals surface area contributed by atoms with Gasteiger partial charge in [-0.25, -0.2) is 0 Å². The number of hydrogen-bond acceptors (Lipinski definition) is 3. The Labute approximate surface area is 191 Å². The number of pyridine rings is 1. The zero-order chi connectivity index (χ0) is 21.8. The molecular weight excluding hydrogens is 394 g/mol. The average Bonchev–Trinajstić information content (AvgIpc) is 3.06. The van der Waals surface area contributed by atoms with Crippen molar-refractivity contribution in [1.29, 1.82) is 0 Å². The van der Waals surface area contributed by atoms with Crippen LogP contribution in [-0.2, 0) is 12.8 Å². The van der Waals surface area contributed by atoms with E-state index >= 15 is 0 Å². The highest BCUT2D eigenvalue weighted by molar-refractivity contribution is 6.06. The Morgan fingerprint density at radius 1 is 0.906 bits per heavy atom. The van der Waals surface area contributed by atoms with Crippen LogP contribution in [0, 0.1) is 5.92 Å². The van der Waals surface area contributed by atoms with Gasteiger partial charge in [0, 0.05) is 30.7 Å². The van der Waals surface area contributed by atoms with Crippen molar-refractivity contribution in [3.8, 4) is 0 Å². The van der Waals surface area contributed by atoms with Crippen LogP contribution < -0.4 is 5.32 Å². The topological polar surface area (TPSA) is 45.2 Å². The fourth-order valence-corrected chi connectivity index (χ4v) is 5.46. The Morgan fingerprint density at radius 3 is 2.34 bits per heavy atom. The van der Waals surface area contributed by atoms with Gasteiger partial charge in [-0.1, -0.05) is 42.5 Å². The summed E-state index contributed by atoms with van der Waals surface area (Å²) in [6.45, 7) is 3.57. The number of carbonyl (C=O) groups is 1. The Balaban J connectivity index is 1.08. The number of hydrogen-bond donors (Lipinski definition) is 1. The Hall–Kier alpha value is -2.72. The van der Waals surface area contributed by atoms with E-state index in [0.717, 1.165) is 35.2 Å². The van der Waals surface area contributed by atoms with E-state index in [1.807, 2.05) is 30.3 Å². The molecule has 1 fully saturated rings. The van der Waals surface area contributed by atoms with Crippen LogP contribution in [0.1, 0.15) is 53.6 Å². The van der Waals surface area contributed by atoms with Gasteiger partial charge in [0.1, 0.15) is 0 Å². The Kier molecular flexibility index (Phi) is 6.49.